The highest BCUT2D eigenvalue weighted by atomic mass is 79.9. The number of ether oxygens (including phenoxy) is 2. The maximum atomic E-state index is 5.93. The van der Waals surface area contributed by atoms with Crippen LogP contribution < -0.4 is 4.74 Å². The van der Waals surface area contributed by atoms with E-state index < -0.39 is 0 Å². The fraction of sp³-hybridized carbons (Fsp3) is 0.333. The maximum Gasteiger partial charge on any atom is 0.168 e. The van der Waals surface area contributed by atoms with Gasteiger partial charge in [-0.3, -0.25) is 9.30 Å². The third-order valence-electron chi connectivity index (χ3n) is 4.24. The summed E-state index contributed by atoms with van der Waals surface area (Å²) in [5, 5.41) is 8.54. The summed E-state index contributed by atoms with van der Waals surface area (Å²) in [4.78, 5) is 2.36. The second-order valence-electron chi connectivity index (χ2n) is 5.93. The van der Waals surface area contributed by atoms with Crippen molar-refractivity contribution >= 4 is 21.6 Å². The highest BCUT2D eigenvalue weighted by molar-refractivity contribution is 9.10. The molecule has 1 aliphatic rings. The molecule has 7 heteroatoms. The molecule has 130 valence electrons. The Kier molecular flexibility index (Phi) is 4.96. The molecule has 1 fully saturated rings. The highest BCUT2D eigenvalue weighted by Crippen LogP contribution is 2.24. The number of hydrogen-bond acceptors (Lipinski definition) is 5. The molecule has 0 saturated carbocycles. The maximum absolute atomic E-state index is 5.93. The van der Waals surface area contributed by atoms with E-state index in [9.17, 15) is 0 Å². The van der Waals surface area contributed by atoms with Gasteiger partial charge in [0.1, 0.15) is 12.4 Å². The fourth-order valence-corrected chi connectivity index (χ4v) is 3.24. The minimum Gasteiger partial charge on any atom is -0.492 e. The van der Waals surface area contributed by atoms with E-state index in [1.807, 2.05) is 47.0 Å². The van der Waals surface area contributed by atoms with Gasteiger partial charge >= 0.3 is 0 Å². The summed E-state index contributed by atoms with van der Waals surface area (Å²) in [5.41, 5.74) is 1.80. The van der Waals surface area contributed by atoms with Crippen LogP contribution in [0.5, 0.6) is 5.75 Å². The van der Waals surface area contributed by atoms with Crippen molar-refractivity contribution < 1.29 is 9.47 Å². The van der Waals surface area contributed by atoms with Gasteiger partial charge in [-0.1, -0.05) is 12.1 Å². The summed E-state index contributed by atoms with van der Waals surface area (Å²) in [5.74, 6) is 1.65. The van der Waals surface area contributed by atoms with Crippen molar-refractivity contribution in [3.05, 3.63) is 47.1 Å². The lowest BCUT2D eigenvalue weighted by Crippen LogP contribution is -2.38. The minimum atomic E-state index is 0.662. The van der Waals surface area contributed by atoms with Crippen LogP contribution in [0.4, 0.5) is 0 Å². The van der Waals surface area contributed by atoms with E-state index in [-0.39, 0.29) is 0 Å². The number of fused-ring (bicyclic) bond motifs is 1. The normalized spacial score (nSPS) is 15.6. The number of benzene rings is 1. The quantitative estimate of drug-likeness (QED) is 0.656. The number of rotatable bonds is 5. The van der Waals surface area contributed by atoms with E-state index in [4.69, 9.17) is 9.47 Å². The Morgan fingerprint density at radius 2 is 2.00 bits per heavy atom. The van der Waals surface area contributed by atoms with Crippen molar-refractivity contribution in [1.29, 1.82) is 0 Å². The van der Waals surface area contributed by atoms with Crippen molar-refractivity contribution in [2.45, 2.75) is 0 Å². The SMILES string of the molecule is Brc1ccc2nnc(-c3cccc(OCCN4CCOCC4)c3)n2c1. The first-order chi connectivity index (χ1) is 12.3. The first-order valence-electron chi connectivity index (χ1n) is 8.33. The molecule has 0 unspecified atom stereocenters. The molecule has 0 atom stereocenters. The van der Waals surface area contributed by atoms with E-state index in [2.05, 4.69) is 31.0 Å². The van der Waals surface area contributed by atoms with Crippen molar-refractivity contribution in [3.8, 4) is 17.1 Å². The van der Waals surface area contributed by atoms with Crippen LogP contribution >= 0.6 is 15.9 Å². The van der Waals surface area contributed by atoms with Gasteiger partial charge in [0.2, 0.25) is 0 Å². The molecule has 0 spiro atoms. The lowest BCUT2D eigenvalue weighted by atomic mass is 10.2. The number of halogens is 1. The van der Waals surface area contributed by atoms with Gasteiger partial charge < -0.3 is 9.47 Å². The standard InChI is InChI=1S/C18H19BrN4O2/c19-15-4-5-17-20-21-18(23(17)13-15)14-2-1-3-16(12-14)25-11-8-22-6-9-24-10-7-22/h1-5,12-13H,6-11H2. The summed E-state index contributed by atoms with van der Waals surface area (Å²) in [6.07, 6.45) is 1.97. The molecule has 0 N–H and O–H groups in total. The van der Waals surface area contributed by atoms with Crippen molar-refractivity contribution in [2.24, 2.45) is 0 Å². The fourth-order valence-electron chi connectivity index (χ4n) is 2.90. The average Bonchev–Trinajstić information content (AvgIpc) is 3.06. The van der Waals surface area contributed by atoms with Crippen LogP contribution in [0.2, 0.25) is 0 Å². The zero-order valence-corrected chi connectivity index (χ0v) is 15.4. The Bertz CT molecular complexity index is 861. The van der Waals surface area contributed by atoms with Gasteiger partial charge in [0.25, 0.3) is 0 Å². The zero-order valence-electron chi connectivity index (χ0n) is 13.8. The van der Waals surface area contributed by atoms with Crippen molar-refractivity contribution in [3.63, 3.8) is 0 Å². The Morgan fingerprint density at radius 1 is 1.12 bits per heavy atom. The van der Waals surface area contributed by atoms with Gasteiger partial charge in [-0.05, 0) is 40.2 Å². The predicted octanol–water partition coefficient (Wildman–Crippen LogP) is 2.87. The molecule has 1 saturated heterocycles. The minimum absolute atomic E-state index is 0.662. The molecular formula is C18H19BrN4O2. The second kappa shape index (κ2) is 7.51. The molecule has 1 aromatic carbocycles. The number of nitrogens with zero attached hydrogens (tertiary/aromatic N) is 4. The Balaban J connectivity index is 1.48. The van der Waals surface area contributed by atoms with Crippen LogP contribution in [0.25, 0.3) is 17.0 Å². The van der Waals surface area contributed by atoms with Crippen LogP contribution in [0, 0.1) is 0 Å². The van der Waals surface area contributed by atoms with Crippen LogP contribution in [0.15, 0.2) is 47.1 Å². The van der Waals surface area contributed by atoms with Gasteiger partial charge in [-0.15, -0.1) is 10.2 Å². The molecular weight excluding hydrogens is 384 g/mol. The smallest absolute Gasteiger partial charge is 0.168 e. The average molecular weight is 403 g/mol. The molecule has 4 rings (SSSR count). The molecule has 0 bridgehead atoms. The zero-order chi connectivity index (χ0) is 17.1. The van der Waals surface area contributed by atoms with Crippen molar-refractivity contribution in [2.75, 3.05) is 39.5 Å². The van der Waals surface area contributed by atoms with Crippen LogP contribution in [0.3, 0.4) is 0 Å². The molecule has 0 radical (unpaired) electrons. The molecule has 6 nitrogen and oxygen atoms in total. The predicted molar refractivity (Wildman–Crippen MR) is 98.9 cm³/mol. The van der Waals surface area contributed by atoms with E-state index in [0.29, 0.717) is 6.61 Å². The topological polar surface area (TPSA) is 51.9 Å². The van der Waals surface area contributed by atoms with Gasteiger partial charge in [0.05, 0.1) is 13.2 Å². The summed E-state index contributed by atoms with van der Waals surface area (Å²) < 4.78 is 14.3. The summed E-state index contributed by atoms with van der Waals surface area (Å²) in [6.45, 7) is 5.15. The molecule has 25 heavy (non-hydrogen) atoms. The Hall–Kier alpha value is -1.96. The lowest BCUT2D eigenvalue weighted by Gasteiger charge is -2.26. The largest absolute Gasteiger partial charge is 0.492 e. The number of morpholine rings is 1. The molecule has 0 aliphatic carbocycles. The van der Waals surface area contributed by atoms with E-state index in [1.165, 1.54) is 0 Å². The van der Waals surface area contributed by atoms with Gasteiger partial charge in [0.15, 0.2) is 11.5 Å². The lowest BCUT2D eigenvalue weighted by molar-refractivity contribution is 0.0322. The van der Waals surface area contributed by atoms with Crippen LogP contribution in [0.1, 0.15) is 0 Å². The Labute approximate surface area is 154 Å². The summed E-state index contributed by atoms with van der Waals surface area (Å²) >= 11 is 3.50. The number of pyridine rings is 1. The van der Waals surface area contributed by atoms with E-state index in [1.54, 1.807) is 0 Å². The number of aromatic nitrogens is 3. The Morgan fingerprint density at radius 3 is 2.88 bits per heavy atom. The van der Waals surface area contributed by atoms with Gasteiger partial charge in [-0.2, -0.15) is 0 Å². The molecule has 1 aliphatic heterocycles. The molecule has 0 amide bonds. The molecule has 3 aromatic rings. The monoisotopic (exact) mass is 402 g/mol. The van der Waals surface area contributed by atoms with E-state index in [0.717, 1.165) is 60.1 Å². The highest BCUT2D eigenvalue weighted by Gasteiger charge is 2.11. The van der Waals surface area contributed by atoms with E-state index >= 15 is 0 Å². The number of hydrogen-bond donors (Lipinski definition) is 0. The molecule has 2 aromatic heterocycles. The van der Waals surface area contributed by atoms with Gasteiger partial charge in [0, 0.05) is 35.9 Å². The summed E-state index contributed by atoms with van der Waals surface area (Å²) in [7, 11) is 0. The summed E-state index contributed by atoms with van der Waals surface area (Å²) in [6, 6.07) is 11.9. The van der Waals surface area contributed by atoms with Crippen LogP contribution in [-0.2, 0) is 4.74 Å². The molecule has 3 heterocycles. The van der Waals surface area contributed by atoms with Gasteiger partial charge in [-0.25, -0.2) is 0 Å². The first kappa shape index (κ1) is 16.5. The first-order valence-corrected chi connectivity index (χ1v) is 9.12. The second-order valence-corrected chi connectivity index (χ2v) is 6.85. The third-order valence-corrected chi connectivity index (χ3v) is 4.71. The van der Waals surface area contributed by atoms with Crippen molar-refractivity contribution in [1.82, 2.24) is 19.5 Å². The van der Waals surface area contributed by atoms with Crippen LogP contribution in [-0.4, -0.2) is 59.0 Å². The third kappa shape index (κ3) is 3.84.